The normalized spacial score (nSPS) is 12.2. The number of rotatable bonds is 7. The predicted molar refractivity (Wildman–Crippen MR) is 83.3 cm³/mol. The molecule has 6 heteroatoms. The van der Waals surface area contributed by atoms with Crippen LogP contribution in [0.3, 0.4) is 0 Å². The van der Waals surface area contributed by atoms with Crippen molar-refractivity contribution in [2.24, 2.45) is 5.41 Å². The quantitative estimate of drug-likeness (QED) is 0.798. The first kappa shape index (κ1) is 15.1. The first-order valence-electron chi connectivity index (χ1n) is 7.16. The van der Waals surface area contributed by atoms with Crippen molar-refractivity contribution in [3.63, 3.8) is 0 Å². The van der Waals surface area contributed by atoms with Crippen molar-refractivity contribution in [3.05, 3.63) is 29.1 Å². The van der Waals surface area contributed by atoms with Crippen LogP contribution in [0.15, 0.2) is 23.4 Å². The van der Waals surface area contributed by atoms with Crippen LogP contribution < -0.4 is 5.69 Å². The molecule has 0 aromatic carbocycles. The topological polar surface area (TPSA) is 52.2 Å². The van der Waals surface area contributed by atoms with E-state index in [-0.39, 0.29) is 11.1 Å². The van der Waals surface area contributed by atoms with Gasteiger partial charge in [-0.05, 0) is 24.0 Å². The molecular formula is C14H22N4OS. The van der Waals surface area contributed by atoms with Crippen molar-refractivity contribution in [2.75, 3.05) is 5.75 Å². The highest BCUT2D eigenvalue weighted by Gasteiger charge is 2.29. The van der Waals surface area contributed by atoms with Gasteiger partial charge < -0.3 is 0 Å². The molecular weight excluding hydrogens is 272 g/mol. The molecule has 0 N–H and O–H groups in total. The third kappa shape index (κ3) is 2.90. The van der Waals surface area contributed by atoms with Gasteiger partial charge in [0, 0.05) is 12.4 Å². The van der Waals surface area contributed by atoms with Crippen LogP contribution in [0.5, 0.6) is 0 Å². The molecule has 0 radical (unpaired) electrons. The minimum Gasteiger partial charge on any atom is -0.259 e. The van der Waals surface area contributed by atoms with Crippen molar-refractivity contribution in [1.82, 2.24) is 19.2 Å². The number of fused-ring (bicyclic) bond motifs is 1. The minimum atomic E-state index is -0.0965. The summed E-state index contributed by atoms with van der Waals surface area (Å²) in [7, 11) is 0. The molecule has 0 aliphatic heterocycles. The largest absolute Gasteiger partial charge is 0.350 e. The Labute approximate surface area is 124 Å². The fourth-order valence-electron chi connectivity index (χ4n) is 2.85. The molecule has 2 aromatic rings. The summed E-state index contributed by atoms with van der Waals surface area (Å²) < 4.78 is 3.10. The molecule has 0 fully saturated rings. The van der Waals surface area contributed by atoms with E-state index in [2.05, 4.69) is 36.6 Å². The summed E-state index contributed by atoms with van der Waals surface area (Å²) in [5.41, 5.74) is 0.543. The summed E-state index contributed by atoms with van der Waals surface area (Å²) in [6.07, 6.45) is 9.16. The lowest BCUT2D eigenvalue weighted by molar-refractivity contribution is 0.219. The fraction of sp³-hybridized carbons (Fsp3) is 0.643. The van der Waals surface area contributed by atoms with Crippen LogP contribution >= 0.6 is 12.6 Å². The maximum absolute atomic E-state index is 12.3. The molecule has 5 nitrogen and oxygen atoms in total. The molecule has 2 aromatic heterocycles. The lowest BCUT2D eigenvalue weighted by Crippen LogP contribution is -2.34. The molecule has 0 unspecified atom stereocenters. The maximum Gasteiger partial charge on any atom is 0.350 e. The van der Waals surface area contributed by atoms with Gasteiger partial charge in [0.05, 0.1) is 12.7 Å². The third-order valence-electron chi connectivity index (χ3n) is 3.77. The van der Waals surface area contributed by atoms with E-state index in [1.807, 2.05) is 0 Å². The van der Waals surface area contributed by atoms with Gasteiger partial charge in [-0.2, -0.15) is 12.6 Å². The van der Waals surface area contributed by atoms with Crippen LogP contribution in [0.2, 0.25) is 0 Å². The second kappa shape index (κ2) is 6.43. The van der Waals surface area contributed by atoms with Gasteiger partial charge in [-0.25, -0.2) is 13.9 Å². The van der Waals surface area contributed by atoms with Crippen LogP contribution in [0.1, 0.15) is 39.5 Å². The second-order valence-corrected chi connectivity index (χ2v) is 5.72. The predicted octanol–water partition coefficient (Wildman–Crippen LogP) is 2.41. The summed E-state index contributed by atoms with van der Waals surface area (Å²) in [5.74, 6) is 0.771. The average molecular weight is 294 g/mol. The van der Waals surface area contributed by atoms with E-state index in [0.717, 1.165) is 31.4 Å². The smallest absolute Gasteiger partial charge is 0.259 e. The molecule has 0 aliphatic carbocycles. The highest BCUT2D eigenvalue weighted by molar-refractivity contribution is 7.80. The SMILES string of the molecule is CCCC(CS)(CCC)Cn1nc2cnccn2c1=O. The van der Waals surface area contributed by atoms with E-state index < -0.39 is 0 Å². The van der Waals surface area contributed by atoms with Gasteiger partial charge in [0.15, 0.2) is 5.65 Å². The molecule has 0 saturated heterocycles. The number of hydrogen-bond acceptors (Lipinski definition) is 4. The number of thiol groups is 1. The van der Waals surface area contributed by atoms with Gasteiger partial charge in [0.2, 0.25) is 0 Å². The summed E-state index contributed by atoms with van der Waals surface area (Å²) in [6.45, 7) is 4.97. The monoisotopic (exact) mass is 294 g/mol. The molecule has 0 spiro atoms. The van der Waals surface area contributed by atoms with Gasteiger partial charge in [-0.1, -0.05) is 26.7 Å². The Balaban J connectivity index is 2.37. The van der Waals surface area contributed by atoms with Crippen LogP contribution in [0.4, 0.5) is 0 Å². The van der Waals surface area contributed by atoms with Crippen LogP contribution in [0, 0.1) is 5.41 Å². The zero-order valence-corrected chi connectivity index (χ0v) is 13.0. The first-order valence-corrected chi connectivity index (χ1v) is 7.79. The van der Waals surface area contributed by atoms with Crippen LogP contribution in [0.25, 0.3) is 5.65 Å². The zero-order valence-electron chi connectivity index (χ0n) is 12.1. The first-order chi connectivity index (χ1) is 9.65. The Morgan fingerprint density at radius 1 is 1.30 bits per heavy atom. The number of nitrogens with zero attached hydrogens (tertiary/aromatic N) is 4. The van der Waals surface area contributed by atoms with Crippen LogP contribution in [-0.4, -0.2) is 24.9 Å². The number of hydrogen-bond donors (Lipinski definition) is 1. The number of aromatic nitrogens is 4. The van der Waals surface area contributed by atoms with E-state index in [1.165, 1.54) is 4.40 Å². The molecule has 20 heavy (non-hydrogen) atoms. The maximum atomic E-state index is 12.3. The van der Waals surface area contributed by atoms with Gasteiger partial charge in [0.25, 0.3) is 0 Å². The van der Waals surface area contributed by atoms with E-state index in [0.29, 0.717) is 12.2 Å². The Morgan fingerprint density at radius 3 is 2.55 bits per heavy atom. The summed E-state index contributed by atoms with van der Waals surface area (Å²) in [6, 6.07) is 0. The molecule has 0 atom stereocenters. The van der Waals surface area contributed by atoms with E-state index >= 15 is 0 Å². The van der Waals surface area contributed by atoms with E-state index in [9.17, 15) is 4.79 Å². The lowest BCUT2D eigenvalue weighted by Gasteiger charge is -2.31. The van der Waals surface area contributed by atoms with E-state index in [1.54, 1.807) is 23.3 Å². The summed E-state index contributed by atoms with van der Waals surface area (Å²) in [4.78, 5) is 16.3. The third-order valence-corrected chi connectivity index (χ3v) is 4.44. The molecule has 0 bridgehead atoms. The van der Waals surface area contributed by atoms with Crippen molar-refractivity contribution in [3.8, 4) is 0 Å². The zero-order chi connectivity index (χ0) is 14.6. The molecule has 2 heterocycles. The molecule has 0 amide bonds. The Morgan fingerprint density at radius 2 is 2.00 bits per heavy atom. The highest BCUT2D eigenvalue weighted by Crippen LogP contribution is 2.32. The molecule has 110 valence electrons. The Hall–Kier alpha value is -1.30. The molecule has 2 rings (SSSR count). The Bertz CT molecular complexity index is 613. The van der Waals surface area contributed by atoms with Gasteiger partial charge in [-0.15, -0.1) is 5.10 Å². The van der Waals surface area contributed by atoms with Crippen molar-refractivity contribution >= 4 is 18.3 Å². The standard InChI is InChI=1S/C14H22N4OS/c1-3-5-14(11-20,6-4-2)10-18-13(19)17-8-7-15-9-12(17)16-18/h7-9,20H,3-6,10-11H2,1-2H3. The van der Waals surface area contributed by atoms with Crippen LogP contribution in [-0.2, 0) is 6.54 Å². The van der Waals surface area contributed by atoms with Crippen molar-refractivity contribution in [2.45, 2.75) is 46.1 Å². The molecule has 0 aliphatic rings. The molecule has 0 saturated carbocycles. The summed E-state index contributed by atoms with van der Waals surface area (Å²) in [5, 5.41) is 4.38. The lowest BCUT2D eigenvalue weighted by atomic mass is 9.81. The summed E-state index contributed by atoms with van der Waals surface area (Å²) >= 11 is 4.53. The van der Waals surface area contributed by atoms with Gasteiger partial charge in [-0.3, -0.25) is 4.98 Å². The van der Waals surface area contributed by atoms with E-state index in [4.69, 9.17) is 0 Å². The Kier molecular flexibility index (Phi) is 4.86. The highest BCUT2D eigenvalue weighted by atomic mass is 32.1. The average Bonchev–Trinajstić information content (AvgIpc) is 2.76. The van der Waals surface area contributed by atoms with Gasteiger partial charge >= 0.3 is 5.69 Å². The fourth-order valence-corrected chi connectivity index (χ4v) is 3.27. The van der Waals surface area contributed by atoms with Crippen molar-refractivity contribution < 1.29 is 0 Å². The van der Waals surface area contributed by atoms with Crippen molar-refractivity contribution in [1.29, 1.82) is 0 Å². The van der Waals surface area contributed by atoms with Gasteiger partial charge in [0.1, 0.15) is 0 Å². The second-order valence-electron chi connectivity index (χ2n) is 5.40. The minimum absolute atomic E-state index is 0.0435.